The van der Waals surface area contributed by atoms with E-state index in [1.54, 1.807) is 29.3 Å². The molecule has 9 heteroatoms. The number of amides is 3. The molecule has 3 rings (SSSR count). The minimum absolute atomic E-state index is 0.229. The van der Waals surface area contributed by atoms with Crippen molar-refractivity contribution in [2.45, 2.75) is 18.9 Å². The molecule has 0 spiro atoms. The number of allylic oxidation sites excluding steroid dienone is 1. The fourth-order valence-corrected chi connectivity index (χ4v) is 2.77. The molecular formula is C14H14N4O5. The minimum Gasteiger partial charge on any atom is -0.462 e. The summed E-state index contributed by atoms with van der Waals surface area (Å²) in [4.78, 5) is 36.7. The molecule has 2 aliphatic rings. The normalized spacial score (nSPS) is 20.0. The van der Waals surface area contributed by atoms with Gasteiger partial charge in [-0.1, -0.05) is 11.2 Å². The highest BCUT2D eigenvalue weighted by atomic mass is 16.6. The van der Waals surface area contributed by atoms with Crippen LogP contribution in [0.1, 0.15) is 12.0 Å². The maximum absolute atomic E-state index is 12.4. The van der Waals surface area contributed by atoms with Crippen molar-refractivity contribution < 1.29 is 24.7 Å². The number of anilines is 2. The lowest BCUT2D eigenvalue weighted by Crippen LogP contribution is -2.49. The van der Waals surface area contributed by atoms with Gasteiger partial charge in [-0.25, -0.2) is 4.79 Å². The highest BCUT2D eigenvalue weighted by molar-refractivity contribution is 6.07. The summed E-state index contributed by atoms with van der Waals surface area (Å²) in [5, 5.41) is 18.0. The lowest BCUT2D eigenvalue weighted by Gasteiger charge is -2.31. The van der Waals surface area contributed by atoms with Crippen LogP contribution in [-0.2, 0) is 16.0 Å². The summed E-state index contributed by atoms with van der Waals surface area (Å²) in [5.41, 5.74) is 7.94. The number of hydroxylamine groups is 1. The summed E-state index contributed by atoms with van der Waals surface area (Å²) in [7, 11) is 0. The van der Waals surface area contributed by atoms with E-state index in [0.29, 0.717) is 12.1 Å². The van der Waals surface area contributed by atoms with Gasteiger partial charge in [0.05, 0.1) is 6.42 Å². The molecule has 0 saturated carbocycles. The van der Waals surface area contributed by atoms with Crippen LogP contribution in [0.5, 0.6) is 0 Å². The molecule has 0 aliphatic carbocycles. The van der Waals surface area contributed by atoms with Gasteiger partial charge in [0.25, 0.3) is 11.8 Å². The molecule has 0 radical (unpaired) electrons. The van der Waals surface area contributed by atoms with Crippen molar-refractivity contribution in [3.05, 3.63) is 36.0 Å². The van der Waals surface area contributed by atoms with Gasteiger partial charge < -0.3 is 15.7 Å². The van der Waals surface area contributed by atoms with Crippen molar-refractivity contribution in [2.75, 3.05) is 10.6 Å². The van der Waals surface area contributed by atoms with E-state index in [4.69, 9.17) is 10.8 Å². The molecule has 1 fully saturated rings. The minimum atomic E-state index is -1.81. The third-order valence-corrected chi connectivity index (χ3v) is 3.78. The Bertz CT molecular complexity index is 732. The van der Waals surface area contributed by atoms with E-state index in [1.165, 1.54) is 0 Å². The number of benzene rings is 1. The van der Waals surface area contributed by atoms with E-state index in [9.17, 15) is 19.6 Å². The molecule has 120 valence electrons. The topological polar surface area (TPSA) is 127 Å². The number of hydrogen-bond acceptors (Lipinski definition) is 6. The van der Waals surface area contributed by atoms with Gasteiger partial charge in [-0.2, -0.15) is 5.01 Å². The maximum atomic E-state index is 12.4. The summed E-state index contributed by atoms with van der Waals surface area (Å²) < 4.78 is 0. The SMILES string of the molecule is Nc1ccc2c(c1)CC=CN2C1CC(=O)N(N(O)C(=O)O)C1=O. The molecule has 1 aromatic carbocycles. The van der Waals surface area contributed by atoms with E-state index in [1.807, 2.05) is 6.08 Å². The third kappa shape index (κ3) is 2.36. The van der Waals surface area contributed by atoms with E-state index >= 15 is 0 Å². The Morgan fingerprint density at radius 2 is 2.09 bits per heavy atom. The third-order valence-electron chi connectivity index (χ3n) is 3.78. The molecule has 1 aromatic rings. The molecule has 9 nitrogen and oxygen atoms in total. The van der Waals surface area contributed by atoms with Crippen molar-refractivity contribution in [1.82, 2.24) is 10.2 Å². The molecule has 1 saturated heterocycles. The zero-order valence-electron chi connectivity index (χ0n) is 11.9. The number of nitrogens with zero attached hydrogens (tertiary/aromatic N) is 3. The first kappa shape index (κ1) is 14.9. The highest BCUT2D eigenvalue weighted by Crippen LogP contribution is 2.32. The van der Waals surface area contributed by atoms with Gasteiger partial charge in [-0.15, -0.1) is 0 Å². The Balaban J connectivity index is 1.93. The van der Waals surface area contributed by atoms with Crippen molar-refractivity contribution in [1.29, 1.82) is 0 Å². The molecule has 3 amide bonds. The second-order valence-corrected chi connectivity index (χ2v) is 5.22. The van der Waals surface area contributed by atoms with Crippen LogP contribution in [0.3, 0.4) is 0 Å². The van der Waals surface area contributed by atoms with Gasteiger partial charge in [0.2, 0.25) is 0 Å². The van der Waals surface area contributed by atoms with Gasteiger partial charge in [0.15, 0.2) is 0 Å². The number of carbonyl (C=O) groups excluding carboxylic acids is 2. The van der Waals surface area contributed by atoms with Gasteiger partial charge in [0.1, 0.15) is 6.04 Å². The summed E-state index contributed by atoms with van der Waals surface area (Å²) in [5.74, 6) is -1.60. The van der Waals surface area contributed by atoms with Crippen LogP contribution in [-0.4, -0.2) is 44.4 Å². The Labute approximate surface area is 130 Å². The van der Waals surface area contributed by atoms with Crippen molar-refractivity contribution in [2.24, 2.45) is 0 Å². The quantitative estimate of drug-likeness (QED) is 0.314. The summed E-state index contributed by atoms with van der Waals surface area (Å²) in [6.45, 7) is 0. The van der Waals surface area contributed by atoms with E-state index in [0.717, 1.165) is 11.3 Å². The van der Waals surface area contributed by atoms with Crippen molar-refractivity contribution >= 4 is 29.3 Å². The van der Waals surface area contributed by atoms with Gasteiger partial charge in [0, 0.05) is 17.6 Å². The number of carbonyl (C=O) groups is 3. The average Bonchev–Trinajstić information content (AvgIpc) is 2.80. The van der Waals surface area contributed by atoms with Crippen LogP contribution in [0.15, 0.2) is 30.5 Å². The predicted octanol–water partition coefficient (Wildman–Crippen LogP) is 0.557. The van der Waals surface area contributed by atoms with Crippen LogP contribution in [0.25, 0.3) is 0 Å². The standard InChI is InChI=1S/C14H14N4O5/c15-9-3-4-10-8(6-9)2-1-5-16(10)11-7-12(19)17(13(11)20)18(23)14(21)22/h1,3-6,11,23H,2,7,15H2,(H,21,22). The van der Waals surface area contributed by atoms with Gasteiger partial charge in [-0.3, -0.25) is 14.8 Å². The number of fused-ring (bicyclic) bond motifs is 1. The molecule has 23 heavy (non-hydrogen) atoms. The fraction of sp³-hybridized carbons (Fsp3) is 0.214. The molecule has 2 heterocycles. The zero-order chi connectivity index (χ0) is 16.7. The van der Waals surface area contributed by atoms with E-state index in [2.05, 4.69) is 0 Å². The van der Waals surface area contributed by atoms with Crippen LogP contribution >= 0.6 is 0 Å². The lowest BCUT2D eigenvalue weighted by molar-refractivity contribution is -0.209. The second-order valence-electron chi connectivity index (χ2n) is 5.22. The largest absolute Gasteiger partial charge is 0.462 e. The Morgan fingerprint density at radius 3 is 2.78 bits per heavy atom. The average molecular weight is 318 g/mol. The molecular weight excluding hydrogens is 304 g/mol. The number of hydrazine groups is 1. The van der Waals surface area contributed by atoms with E-state index in [-0.39, 0.29) is 16.6 Å². The zero-order valence-corrected chi connectivity index (χ0v) is 11.9. The summed E-state index contributed by atoms with van der Waals surface area (Å²) in [6.07, 6.45) is 2.07. The van der Waals surface area contributed by atoms with Crippen LogP contribution in [0.4, 0.5) is 16.2 Å². The molecule has 2 aliphatic heterocycles. The van der Waals surface area contributed by atoms with Crippen LogP contribution in [0.2, 0.25) is 0 Å². The first-order chi connectivity index (χ1) is 10.9. The molecule has 0 bridgehead atoms. The van der Waals surface area contributed by atoms with Gasteiger partial charge in [-0.05, 0) is 30.2 Å². The smallest absolute Gasteiger partial charge is 0.452 e. The monoisotopic (exact) mass is 318 g/mol. The Morgan fingerprint density at radius 1 is 1.35 bits per heavy atom. The first-order valence-corrected chi connectivity index (χ1v) is 6.82. The number of nitrogen functional groups attached to an aromatic ring is 1. The predicted molar refractivity (Wildman–Crippen MR) is 78.1 cm³/mol. The summed E-state index contributed by atoms with van der Waals surface area (Å²) >= 11 is 0. The Kier molecular flexibility index (Phi) is 3.41. The van der Waals surface area contributed by atoms with E-state index < -0.39 is 23.9 Å². The molecule has 0 aromatic heterocycles. The number of nitrogens with two attached hydrogens (primary N) is 1. The number of imide groups is 1. The van der Waals surface area contributed by atoms with Crippen LogP contribution < -0.4 is 10.6 Å². The first-order valence-electron chi connectivity index (χ1n) is 6.82. The number of rotatable bonds is 2. The fourth-order valence-electron chi connectivity index (χ4n) is 2.77. The number of carboxylic acid groups (broad SMARTS) is 1. The Hall–Kier alpha value is -3.07. The summed E-state index contributed by atoms with van der Waals surface area (Å²) in [6, 6.07) is 4.28. The van der Waals surface area contributed by atoms with Crippen molar-refractivity contribution in [3.8, 4) is 0 Å². The molecule has 1 unspecified atom stereocenters. The van der Waals surface area contributed by atoms with Gasteiger partial charge >= 0.3 is 6.09 Å². The highest BCUT2D eigenvalue weighted by Gasteiger charge is 2.46. The second kappa shape index (κ2) is 5.29. The molecule has 1 atom stereocenters. The van der Waals surface area contributed by atoms with Crippen LogP contribution in [0, 0.1) is 0 Å². The molecule has 4 N–H and O–H groups in total. The maximum Gasteiger partial charge on any atom is 0.452 e. The number of hydrogen-bond donors (Lipinski definition) is 3. The lowest BCUT2D eigenvalue weighted by atomic mass is 10.0. The van der Waals surface area contributed by atoms with Crippen molar-refractivity contribution in [3.63, 3.8) is 0 Å².